The van der Waals surface area contributed by atoms with Crippen molar-refractivity contribution in [3.63, 3.8) is 0 Å². The molecular weight excluding hydrogens is 252 g/mol. The second kappa shape index (κ2) is 5.94. The highest BCUT2D eigenvalue weighted by atomic mass is 19.1. The van der Waals surface area contributed by atoms with Crippen molar-refractivity contribution in [1.82, 2.24) is 4.90 Å². The van der Waals surface area contributed by atoms with Gasteiger partial charge in [-0.2, -0.15) is 0 Å². The third-order valence-electron chi connectivity index (χ3n) is 3.80. The van der Waals surface area contributed by atoms with Crippen LogP contribution in [0.4, 0.5) is 8.78 Å². The fraction of sp³-hybridized carbons (Fsp3) is 0.571. The van der Waals surface area contributed by atoms with Crippen LogP contribution in [0.25, 0.3) is 0 Å². The number of piperidine rings is 1. The molecule has 3 nitrogen and oxygen atoms in total. The highest BCUT2D eigenvalue weighted by Crippen LogP contribution is 2.22. The van der Waals surface area contributed by atoms with E-state index in [4.69, 9.17) is 5.11 Å². The van der Waals surface area contributed by atoms with Crippen LogP contribution in [0.2, 0.25) is 0 Å². The molecule has 2 atom stereocenters. The zero-order chi connectivity index (χ0) is 14.0. The summed E-state index contributed by atoms with van der Waals surface area (Å²) in [5.41, 5.74) is 0.469. The maximum absolute atomic E-state index is 13.9. The number of aliphatic hydroxyl groups is 2. The SMILES string of the molecule is Cc1ccc(F)c(CN2CC[C@H](CO)[C@@H](O)C2)c1F. The summed E-state index contributed by atoms with van der Waals surface area (Å²) in [5, 5.41) is 18.9. The molecule has 0 spiro atoms. The largest absolute Gasteiger partial charge is 0.396 e. The number of nitrogens with zero attached hydrogens (tertiary/aromatic N) is 1. The van der Waals surface area contributed by atoms with Gasteiger partial charge in [-0.15, -0.1) is 0 Å². The highest BCUT2D eigenvalue weighted by molar-refractivity contribution is 5.26. The van der Waals surface area contributed by atoms with Crippen LogP contribution in [-0.4, -0.2) is 40.9 Å². The van der Waals surface area contributed by atoms with Crippen LogP contribution in [0.5, 0.6) is 0 Å². The van der Waals surface area contributed by atoms with Gasteiger partial charge in [0.1, 0.15) is 11.6 Å². The first kappa shape index (κ1) is 14.4. The zero-order valence-corrected chi connectivity index (χ0v) is 10.9. The van der Waals surface area contributed by atoms with E-state index in [-0.39, 0.29) is 24.6 Å². The lowest BCUT2D eigenvalue weighted by Gasteiger charge is -2.35. The van der Waals surface area contributed by atoms with Crippen molar-refractivity contribution in [2.45, 2.75) is 26.0 Å². The van der Waals surface area contributed by atoms with E-state index >= 15 is 0 Å². The summed E-state index contributed by atoms with van der Waals surface area (Å²) in [5.74, 6) is -1.20. The van der Waals surface area contributed by atoms with Crippen molar-refractivity contribution in [2.75, 3.05) is 19.7 Å². The fourth-order valence-corrected chi connectivity index (χ4v) is 2.49. The van der Waals surface area contributed by atoms with E-state index in [1.807, 2.05) is 4.90 Å². The molecule has 1 aliphatic heterocycles. The Balaban J connectivity index is 2.09. The van der Waals surface area contributed by atoms with Gasteiger partial charge in [-0.3, -0.25) is 4.90 Å². The Morgan fingerprint density at radius 3 is 2.74 bits per heavy atom. The smallest absolute Gasteiger partial charge is 0.133 e. The lowest BCUT2D eigenvalue weighted by Crippen LogP contribution is -2.44. The van der Waals surface area contributed by atoms with Crippen molar-refractivity contribution in [1.29, 1.82) is 0 Å². The van der Waals surface area contributed by atoms with E-state index in [1.54, 1.807) is 6.92 Å². The average molecular weight is 271 g/mol. The summed E-state index contributed by atoms with van der Waals surface area (Å²) in [6.07, 6.45) is -0.0121. The van der Waals surface area contributed by atoms with Gasteiger partial charge < -0.3 is 10.2 Å². The molecule has 0 unspecified atom stereocenters. The van der Waals surface area contributed by atoms with Crippen LogP contribution < -0.4 is 0 Å². The number of aryl methyl sites for hydroxylation is 1. The van der Waals surface area contributed by atoms with Gasteiger partial charge in [0, 0.05) is 31.2 Å². The van der Waals surface area contributed by atoms with E-state index in [9.17, 15) is 13.9 Å². The molecule has 0 amide bonds. The van der Waals surface area contributed by atoms with Crippen molar-refractivity contribution in [2.24, 2.45) is 5.92 Å². The minimum atomic E-state index is -0.644. The number of aliphatic hydroxyl groups excluding tert-OH is 2. The van der Waals surface area contributed by atoms with Crippen LogP contribution in [0, 0.1) is 24.5 Å². The van der Waals surface area contributed by atoms with Crippen LogP contribution in [0.3, 0.4) is 0 Å². The fourth-order valence-electron chi connectivity index (χ4n) is 2.49. The molecule has 5 heteroatoms. The molecule has 1 aromatic carbocycles. The molecular formula is C14H19F2NO2. The lowest BCUT2D eigenvalue weighted by atomic mass is 9.94. The minimum Gasteiger partial charge on any atom is -0.396 e. The van der Waals surface area contributed by atoms with Gasteiger partial charge in [-0.1, -0.05) is 6.07 Å². The third-order valence-corrected chi connectivity index (χ3v) is 3.80. The first-order valence-corrected chi connectivity index (χ1v) is 6.47. The van der Waals surface area contributed by atoms with Crippen molar-refractivity contribution >= 4 is 0 Å². The standard InChI is InChI=1S/C14H19F2NO2/c1-9-2-3-12(15)11(14(9)16)6-17-5-4-10(8-18)13(19)7-17/h2-3,10,13,18-19H,4-8H2,1H3/t10-,13+/m1/s1. The molecule has 0 saturated carbocycles. The van der Waals surface area contributed by atoms with E-state index in [2.05, 4.69) is 0 Å². The van der Waals surface area contributed by atoms with Gasteiger partial charge >= 0.3 is 0 Å². The first-order valence-electron chi connectivity index (χ1n) is 6.47. The maximum Gasteiger partial charge on any atom is 0.133 e. The molecule has 1 aromatic rings. The number of hydrogen-bond donors (Lipinski definition) is 2. The normalized spacial score (nSPS) is 24.7. The molecule has 2 rings (SSSR count). The number of β-amino-alcohol motifs (C(OH)–C–C–N with tert-alkyl or cyclic N) is 1. The quantitative estimate of drug-likeness (QED) is 0.874. The molecule has 106 valence electrons. The Morgan fingerprint density at radius 2 is 2.11 bits per heavy atom. The van der Waals surface area contributed by atoms with Gasteiger partial charge in [-0.05, 0) is 31.5 Å². The second-order valence-corrected chi connectivity index (χ2v) is 5.19. The first-order chi connectivity index (χ1) is 9.02. The molecule has 1 heterocycles. The molecule has 19 heavy (non-hydrogen) atoms. The van der Waals surface area contributed by atoms with E-state index in [0.29, 0.717) is 25.1 Å². The third kappa shape index (κ3) is 3.11. The Kier molecular flexibility index (Phi) is 4.50. The number of likely N-dealkylation sites (tertiary alicyclic amines) is 1. The summed E-state index contributed by atoms with van der Waals surface area (Å²) in [4.78, 5) is 1.82. The zero-order valence-electron chi connectivity index (χ0n) is 10.9. The van der Waals surface area contributed by atoms with E-state index in [1.165, 1.54) is 12.1 Å². The van der Waals surface area contributed by atoms with Gasteiger partial charge in [-0.25, -0.2) is 8.78 Å². The molecule has 1 fully saturated rings. The van der Waals surface area contributed by atoms with E-state index in [0.717, 1.165) is 0 Å². The molecule has 0 bridgehead atoms. The summed E-state index contributed by atoms with van der Waals surface area (Å²) in [7, 11) is 0. The monoisotopic (exact) mass is 271 g/mol. The summed E-state index contributed by atoms with van der Waals surface area (Å²) in [6, 6.07) is 2.69. The molecule has 1 aliphatic rings. The summed E-state index contributed by atoms with van der Waals surface area (Å²) in [6.45, 7) is 2.65. The Labute approximate surface area is 111 Å². The molecule has 2 N–H and O–H groups in total. The Morgan fingerprint density at radius 1 is 1.37 bits per heavy atom. The van der Waals surface area contributed by atoms with Crippen molar-refractivity contribution in [3.8, 4) is 0 Å². The number of halogens is 2. The molecule has 0 radical (unpaired) electrons. The van der Waals surface area contributed by atoms with Crippen LogP contribution >= 0.6 is 0 Å². The van der Waals surface area contributed by atoms with Crippen LogP contribution in [-0.2, 0) is 6.54 Å². The van der Waals surface area contributed by atoms with E-state index < -0.39 is 17.7 Å². The topological polar surface area (TPSA) is 43.7 Å². The maximum atomic E-state index is 13.9. The Bertz CT molecular complexity index is 453. The lowest BCUT2D eigenvalue weighted by molar-refractivity contribution is -0.00506. The number of benzene rings is 1. The van der Waals surface area contributed by atoms with Crippen molar-refractivity contribution in [3.05, 3.63) is 34.9 Å². The van der Waals surface area contributed by atoms with Crippen LogP contribution in [0.15, 0.2) is 12.1 Å². The number of hydrogen-bond acceptors (Lipinski definition) is 3. The highest BCUT2D eigenvalue weighted by Gasteiger charge is 2.28. The molecule has 0 aromatic heterocycles. The van der Waals surface area contributed by atoms with Crippen LogP contribution in [0.1, 0.15) is 17.5 Å². The number of rotatable bonds is 3. The summed E-state index contributed by atoms with van der Waals surface area (Å²) < 4.78 is 27.5. The minimum absolute atomic E-state index is 0.0506. The van der Waals surface area contributed by atoms with Gasteiger partial charge in [0.15, 0.2) is 0 Å². The average Bonchev–Trinajstić information content (AvgIpc) is 2.39. The predicted molar refractivity (Wildman–Crippen MR) is 67.6 cm³/mol. The predicted octanol–water partition coefficient (Wildman–Crippen LogP) is 1.45. The molecule has 0 aliphatic carbocycles. The summed E-state index contributed by atoms with van der Waals surface area (Å²) >= 11 is 0. The van der Waals surface area contributed by atoms with Gasteiger partial charge in [0.2, 0.25) is 0 Å². The Hall–Kier alpha value is -1.04. The van der Waals surface area contributed by atoms with Crippen molar-refractivity contribution < 1.29 is 19.0 Å². The molecule has 1 saturated heterocycles. The van der Waals surface area contributed by atoms with Gasteiger partial charge in [0.25, 0.3) is 0 Å². The van der Waals surface area contributed by atoms with Gasteiger partial charge in [0.05, 0.1) is 6.10 Å². The second-order valence-electron chi connectivity index (χ2n) is 5.19.